The fraction of sp³-hybridized carbons (Fsp3) is 0.643. The summed E-state index contributed by atoms with van der Waals surface area (Å²) < 4.78 is 1.04. The highest BCUT2D eigenvalue weighted by Gasteiger charge is 2.27. The second kappa shape index (κ2) is 7.62. The standard InChI is InChI=1S/C14H22BrN3S/c1-3-16-13(14-10-19-7-6-18(14)2)8-12-5-4-11(15)9-17-12/h4-5,9,13-14,16H,3,6-8,10H2,1-2H3. The number of nitrogens with zero attached hydrogens (tertiary/aromatic N) is 2. The van der Waals surface area contributed by atoms with E-state index in [1.54, 1.807) is 0 Å². The summed E-state index contributed by atoms with van der Waals surface area (Å²) in [5.41, 5.74) is 1.16. The van der Waals surface area contributed by atoms with Gasteiger partial charge in [0.15, 0.2) is 0 Å². The lowest BCUT2D eigenvalue weighted by Gasteiger charge is -2.38. The first-order valence-corrected chi connectivity index (χ1v) is 8.77. The van der Waals surface area contributed by atoms with Crippen LogP contribution in [0.2, 0.25) is 0 Å². The van der Waals surface area contributed by atoms with Gasteiger partial charge in [0.1, 0.15) is 0 Å². The third-order valence-corrected chi connectivity index (χ3v) is 5.11. The number of pyridine rings is 1. The molecular weight excluding hydrogens is 322 g/mol. The molecule has 0 spiro atoms. The molecule has 1 saturated heterocycles. The molecule has 1 N–H and O–H groups in total. The van der Waals surface area contributed by atoms with Crippen molar-refractivity contribution in [3.8, 4) is 0 Å². The molecule has 1 aromatic heterocycles. The lowest BCUT2D eigenvalue weighted by Crippen LogP contribution is -2.53. The summed E-state index contributed by atoms with van der Waals surface area (Å²) in [6, 6.07) is 5.27. The summed E-state index contributed by atoms with van der Waals surface area (Å²) in [6.07, 6.45) is 2.88. The summed E-state index contributed by atoms with van der Waals surface area (Å²) >= 11 is 5.50. The van der Waals surface area contributed by atoms with E-state index in [2.05, 4.69) is 69.0 Å². The average Bonchev–Trinajstić information content (AvgIpc) is 2.41. The van der Waals surface area contributed by atoms with E-state index < -0.39 is 0 Å². The number of likely N-dealkylation sites (N-methyl/N-ethyl adjacent to an activating group) is 2. The van der Waals surface area contributed by atoms with E-state index in [0.717, 1.165) is 23.1 Å². The highest BCUT2D eigenvalue weighted by Crippen LogP contribution is 2.19. The fourth-order valence-electron chi connectivity index (χ4n) is 2.49. The molecule has 0 aliphatic carbocycles. The van der Waals surface area contributed by atoms with Crippen LogP contribution in [0.4, 0.5) is 0 Å². The number of rotatable bonds is 5. The zero-order valence-corrected chi connectivity index (χ0v) is 14.0. The molecule has 0 bridgehead atoms. The minimum absolute atomic E-state index is 0.483. The topological polar surface area (TPSA) is 28.2 Å². The first-order valence-electron chi connectivity index (χ1n) is 6.82. The van der Waals surface area contributed by atoms with Crippen molar-refractivity contribution >= 4 is 27.7 Å². The van der Waals surface area contributed by atoms with E-state index in [0.29, 0.717) is 12.1 Å². The van der Waals surface area contributed by atoms with Gasteiger partial charge in [0.2, 0.25) is 0 Å². The molecule has 0 saturated carbocycles. The van der Waals surface area contributed by atoms with Crippen molar-refractivity contribution in [2.75, 3.05) is 31.6 Å². The molecule has 0 aromatic carbocycles. The third-order valence-electron chi connectivity index (χ3n) is 3.59. The van der Waals surface area contributed by atoms with E-state index in [1.807, 2.05) is 6.20 Å². The molecule has 19 heavy (non-hydrogen) atoms. The Morgan fingerprint density at radius 3 is 3.05 bits per heavy atom. The van der Waals surface area contributed by atoms with Crippen LogP contribution in [-0.2, 0) is 6.42 Å². The summed E-state index contributed by atoms with van der Waals surface area (Å²) in [7, 11) is 2.24. The Morgan fingerprint density at radius 1 is 1.58 bits per heavy atom. The quantitative estimate of drug-likeness (QED) is 0.888. The molecule has 2 atom stereocenters. The van der Waals surface area contributed by atoms with Crippen molar-refractivity contribution in [3.05, 3.63) is 28.5 Å². The second-order valence-corrected chi connectivity index (χ2v) is 7.02. The number of hydrogen-bond acceptors (Lipinski definition) is 4. The van der Waals surface area contributed by atoms with Crippen LogP contribution in [0.5, 0.6) is 0 Å². The molecule has 1 aliphatic heterocycles. The third kappa shape index (κ3) is 4.45. The molecule has 3 nitrogen and oxygen atoms in total. The van der Waals surface area contributed by atoms with E-state index in [9.17, 15) is 0 Å². The van der Waals surface area contributed by atoms with Crippen LogP contribution in [0, 0.1) is 0 Å². The Morgan fingerprint density at radius 2 is 2.42 bits per heavy atom. The molecular formula is C14H22BrN3S. The summed E-state index contributed by atoms with van der Waals surface area (Å²) in [6.45, 7) is 4.37. The maximum Gasteiger partial charge on any atom is 0.0420 e. The Kier molecular flexibility index (Phi) is 6.13. The van der Waals surface area contributed by atoms with Gasteiger partial charge < -0.3 is 10.2 Å². The van der Waals surface area contributed by atoms with Crippen molar-refractivity contribution in [3.63, 3.8) is 0 Å². The van der Waals surface area contributed by atoms with Gasteiger partial charge in [-0.1, -0.05) is 6.92 Å². The maximum atomic E-state index is 4.51. The number of thioether (sulfide) groups is 1. The SMILES string of the molecule is CCNC(Cc1ccc(Br)cn1)C1CSCCN1C. The van der Waals surface area contributed by atoms with Crippen LogP contribution in [0.15, 0.2) is 22.8 Å². The molecule has 1 fully saturated rings. The Hall–Kier alpha value is -0.100. The zero-order chi connectivity index (χ0) is 13.7. The molecule has 2 unspecified atom stereocenters. The molecule has 1 aliphatic rings. The van der Waals surface area contributed by atoms with Crippen molar-refractivity contribution in [1.82, 2.24) is 15.2 Å². The van der Waals surface area contributed by atoms with Crippen molar-refractivity contribution in [1.29, 1.82) is 0 Å². The minimum Gasteiger partial charge on any atom is -0.312 e. The van der Waals surface area contributed by atoms with Gasteiger partial charge in [-0.05, 0) is 41.7 Å². The van der Waals surface area contributed by atoms with Crippen LogP contribution in [0.1, 0.15) is 12.6 Å². The van der Waals surface area contributed by atoms with Gasteiger partial charge in [-0.2, -0.15) is 11.8 Å². The molecule has 0 radical (unpaired) electrons. The van der Waals surface area contributed by atoms with E-state index in [1.165, 1.54) is 18.1 Å². The largest absolute Gasteiger partial charge is 0.312 e. The van der Waals surface area contributed by atoms with Crippen molar-refractivity contribution in [2.45, 2.75) is 25.4 Å². The normalized spacial score (nSPS) is 22.4. The lowest BCUT2D eigenvalue weighted by atomic mass is 10.0. The van der Waals surface area contributed by atoms with Crippen molar-refractivity contribution in [2.24, 2.45) is 0 Å². The first kappa shape index (κ1) is 15.3. The van der Waals surface area contributed by atoms with Gasteiger partial charge in [0.05, 0.1) is 0 Å². The fourth-order valence-corrected chi connectivity index (χ4v) is 4.03. The summed E-state index contributed by atoms with van der Waals surface area (Å²) in [5, 5.41) is 3.64. The highest BCUT2D eigenvalue weighted by atomic mass is 79.9. The number of nitrogens with one attached hydrogen (secondary N) is 1. The molecule has 1 aromatic rings. The smallest absolute Gasteiger partial charge is 0.0420 e. The van der Waals surface area contributed by atoms with E-state index in [-0.39, 0.29) is 0 Å². The number of halogens is 1. The molecule has 0 amide bonds. The van der Waals surface area contributed by atoms with Crippen LogP contribution in [0.25, 0.3) is 0 Å². The predicted molar refractivity (Wildman–Crippen MR) is 86.8 cm³/mol. The molecule has 106 valence electrons. The van der Waals surface area contributed by atoms with E-state index in [4.69, 9.17) is 0 Å². The van der Waals surface area contributed by atoms with Gasteiger partial charge in [-0.3, -0.25) is 4.98 Å². The summed E-state index contributed by atoms with van der Waals surface area (Å²) in [5.74, 6) is 2.47. The highest BCUT2D eigenvalue weighted by molar-refractivity contribution is 9.10. The van der Waals surface area contributed by atoms with Crippen LogP contribution < -0.4 is 5.32 Å². The van der Waals surface area contributed by atoms with Gasteiger partial charge in [-0.25, -0.2) is 0 Å². The van der Waals surface area contributed by atoms with Gasteiger partial charge >= 0.3 is 0 Å². The maximum absolute atomic E-state index is 4.51. The van der Waals surface area contributed by atoms with E-state index >= 15 is 0 Å². The Labute approximate surface area is 128 Å². The van der Waals surface area contributed by atoms with Gasteiger partial charge in [0, 0.05) is 52.9 Å². The zero-order valence-electron chi connectivity index (χ0n) is 11.6. The van der Waals surface area contributed by atoms with Crippen molar-refractivity contribution < 1.29 is 0 Å². The molecule has 2 rings (SSSR count). The number of hydrogen-bond donors (Lipinski definition) is 1. The lowest BCUT2D eigenvalue weighted by molar-refractivity contribution is 0.214. The first-order chi connectivity index (χ1) is 9.20. The van der Waals surface area contributed by atoms with Crippen LogP contribution in [0.3, 0.4) is 0 Å². The minimum atomic E-state index is 0.483. The Bertz CT molecular complexity index is 385. The monoisotopic (exact) mass is 343 g/mol. The summed E-state index contributed by atoms with van der Waals surface area (Å²) in [4.78, 5) is 7.00. The van der Waals surface area contributed by atoms with Crippen LogP contribution in [-0.4, -0.2) is 53.6 Å². The number of aromatic nitrogens is 1. The Balaban J connectivity index is 2.04. The van der Waals surface area contributed by atoms with Gasteiger partial charge in [-0.15, -0.1) is 0 Å². The second-order valence-electron chi connectivity index (χ2n) is 4.96. The average molecular weight is 344 g/mol. The molecule has 5 heteroatoms. The van der Waals surface area contributed by atoms with Gasteiger partial charge in [0.25, 0.3) is 0 Å². The predicted octanol–water partition coefficient (Wildman–Crippen LogP) is 2.41. The molecule has 2 heterocycles. The van der Waals surface area contributed by atoms with Crippen LogP contribution >= 0.6 is 27.7 Å².